The Hall–Kier alpha value is -1.52. The molecule has 5 nitrogen and oxygen atoms in total. The van der Waals surface area contributed by atoms with Crippen molar-refractivity contribution in [1.29, 1.82) is 0 Å². The maximum atomic E-state index is 12.5. The average molecular weight is 484 g/mol. The zero-order valence-electron chi connectivity index (χ0n) is 14.5. The van der Waals surface area contributed by atoms with Crippen LogP contribution in [0.25, 0.3) is 0 Å². The molecule has 1 aliphatic rings. The van der Waals surface area contributed by atoms with E-state index in [0.29, 0.717) is 31.5 Å². The molecule has 1 aliphatic carbocycles. The number of aliphatic imine (C=N–C) groups is 1. The summed E-state index contributed by atoms with van der Waals surface area (Å²) in [6, 6.07) is 5.40. The van der Waals surface area contributed by atoms with Gasteiger partial charge in [-0.3, -0.25) is 4.79 Å². The van der Waals surface area contributed by atoms with Gasteiger partial charge in [-0.2, -0.15) is 13.2 Å². The number of hydrogen-bond donors (Lipinski definition) is 3. The van der Waals surface area contributed by atoms with Crippen molar-refractivity contribution in [3.8, 4) is 0 Å². The molecule has 0 atom stereocenters. The first-order valence-electron chi connectivity index (χ1n) is 8.36. The molecule has 0 aliphatic heterocycles. The molecule has 0 heterocycles. The lowest BCUT2D eigenvalue weighted by Gasteiger charge is -2.12. The number of carbonyl (C=O) groups excluding carboxylic acids is 1. The van der Waals surface area contributed by atoms with Gasteiger partial charge in [-0.25, -0.2) is 4.99 Å². The Kier molecular flexibility index (Phi) is 9.17. The topological polar surface area (TPSA) is 65.5 Å². The van der Waals surface area contributed by atoms with Crippen LogP contribution in [0.5, 0.6) is 0 Å². The van der Waals surface area contributed by atoms with Gasteiger partial charge in [0.15, 0.2) is 5.96 Å². The fourth-order valence-electron chi connectivity index (χ4n) is 2.18. The molecule has 2 rings (SSSR count). The number of alkyl halides is 3. The quantitative estimate of drug-likeness (QED) is 0.317. The summed E-state index contributed by atoms with van der Waals surface area (Å²) in [6.07, 6.45) is -1.71. The van der Waals surface area contributed by atoms with Gasteiger partial charge in [-0.05, 0) is 43.9 Å². The summed E-state index contributed by atoms with van der Waals surface area (Å²) in [5.41, 5.74) is 0.142. The van der Waals surface area contributed by atoms with E-state index in [9.17, 15) is 18.0 Å². The van der Waals surface area contributed by atoms with Gasteiger partial charge < -0.3 is 16.0 Å². The Morgan fingerprint density at radius 1 is 1.19 bits per heavy atom. The van der Waals surface area contributed by atoms with Crippen molar-refractivity contribution < 1.29 is 18.0 Å². The highest BCUT2D eigenvalue weighted by molar-refractivity contribution is 14.0. The van der Waals surface area contributed by atoms with Gasteiger partial charge in [-0.15, -0.1) is 24.0 Å². The lowest BCUT2D eigenvalue weighted by Crippen LogP contribution is -2.39. The van der Waals surface area contributed by atoms with Crippen molar-refractivity contribution in [1.82, 2.24) is 16.0 Å². The van der Waals surface area contributed by atoms with E-state index in [1.165, 1.54) is 12.1 Å². The van der Waals surface area contributed by atoms with Gasteiger partial charge in [0.05, 0.1) is 5.56 Å². The zero-order chi connectivity index (χ0) is 18.3. The molecule has 0 spiro atoms. The number of halogens is 4. The number of rotatable bonds is 7. The summed E-state index contributed by atoms with van der Waals surface area (Å²) in [5.74, 6) is 0.405. The van der Waals surface area contributed by atoms with E-state index in [4.69, 9.17) is 0 Å². The molecule has 1 aromatic rings. The predicted octanol–water partition coefficient (Wildman–Crippen LogP) is 2.70. The van der Waals surface area contributed by atoms with Gasteiger partial charge in [0.2, 0.25) is 5.91 Å². The van der Waals surface area contributed by atoms with Crippen molar-refractivity contribution >= 4 is 35.8 Å². The maximum Gasteiger partial charge on any atom is 0.416 e. The van der Waals surface area contributed by atoms with E-state index in [1.54, 1.807) is 0 Å². The monoisotopic (exact) mass is 484 g/mol. The van der Waals surface area contributed by atoms with Crippen molar-refractivity contribution in [2.75, 3.05) is 19.6 Å². The summed E-state index contributed by atoms with van der Waals surface area (Å²) in [7, 11) is 0. The van der Waals surface area contributed by atoms with Gasteiger partial charge in [0.1, 0.15) is 6.54 Å². The lowest BCUT2D eigenvalue weighted by molar-refractivity contribution is -0.137. The Bertz CT molecular complexity index is 601. The smallest absolute Gasteiger partial charge is 0.357 e. The molecule has 1 fully saturated rings. The largest absolute Gasteiger partial charge is 0.416 e. The van der Waals surface area contributed by atoms with Crippen molar-refractivity contribution in [2.24, 2.45) is 4.99 Å². The third-order valence-corrected chi connectivity index (χ3v) is 3.65. The van der Waals surface area contributed by atoms with E-state index >= 15 is 0 Å². The van der Waals surface area contributed by atoms with E-state index in [2.05, 4.69) is 20.9 Å². The minimum absolute atomic E-state index is 0. The maximum absolute atomic E-state index is 12.5. The van der Waals surface area contributed by atoms with E-state index < -0.39 is 11.7 Å². The van der Waals surface area contributed by atoms with Crippen molar-refractivity contribution in [3.63, 3.8) is 0 Å². The molecule has 0 saturated heterocycles. The second-order valence-electron chi connectivity index (χ2n) is 5.91. The Labute approximate surface area is 168 Å². The van der Waals surface area contributed by atoms with Crippen LogP contribution in [0.2, 0.25) is 0 Å². The van der Waals surface area contributed by atoms with E-state index in [1.807, 2.05) is 6.92 Å². The van der Waals surface area contributed by atoms with Crippen LogP contribution in [0.4, 0.5) is 13.2 Å². The average Bonchev–Trinajstić information content (AvgIpc) is 3.36. The fourth-order valence-corrected chi connectivity index (χ4v) is 2.18. The number of amides is 1. The second-order valence-corrected chi connectivity index (χ2v) is 5.91. The van der Waals surface area contributed by atoms with Gasteiger partial charge in [0, 0.05) is 19.1 Å². The molecule has 3 N–H and O–H groups in total. The minimum atomic E-state index is -4.32. The number of benzene rings is 1. The van der Waals surface area contributed by atoms with Crippen LogP contribution >= 0.6 is 24.0 Å². The summed E-state index contributed by atoms with van der Waals surface area (Å²) in [6.45, 7) is 3.11. The number of nitrogens with one attached hydrogen (secondary N) is 3. The van der Waals surface area contributed by atoms with Gasteiger partial charge >= 0.3 is 6.18 Å². The first-order chi connectivity index (χ1) is 11.9. The first-order valence-corrected chi connectivity index (χ1v) is 8.36. The van der Waals surface area contributed by atoms with Crippen molar-refractivity contribution in [2.45, 2.75) is 38.4 Å². The molecule has 146 valence electrons. The molecule has 9 heteroatoms. The molecule has 1 saturated carbocycles. The van der Waals surface area contributed by atoms with Crippen LogP contribution in [0.3, 0.4) is 0 Å². The highest BCUT2D eigenvalue weighted by Gasteiger charge is 2.29. The first kappa shape index (κ1) is 22.5. The second kappa shape index (κ2) is 10.6. The van der Waals surface area contributed by atoms with Crippen LogP contribution in [0.1, 0.15) is 30.9 Å². The molecule has 0 unspecified atom stereocenters. The summed E-state index contributed by atoms with van der Waals surface area (Å²) >= 11 is 0. The fraction of sp³-hybridized carbons (Fsp3) is 0.529. The molecule has 1 amide bonds. The van der Waals surface area contributed by atoms with E-state index in [-0.39, 0.29) is 36.4 Å². The van der Waals surface area contributed by atoms with Crippen LogP contribution in [-0.2, 0) is 17.4 Å². The zero-order valence-corrected chi connectivity index (χ0v) is 16.9. The van der Waals surface area contributed by atoms with Crippen LogP contribution in [0, 0.1) is 0 Å². The number of hydrogen-bond acceptors (Lipinski definition) is 2. The molecule has 0 aromatic heterocycles. The Balaban J connectivity index is 0.00000338. The summed E-state index contributed by atoms with van der Waals surface area (Å²) in [5, 5.41) is 8.96. The SMILES string of the molecule is CCNC(=NCC(=O)NC1CC1)NCCc1ccc(C(F)(F)F)cc1.I. The molecule has 1 aromatic carbocycles. The van der Waals surface area contributed by atoms with Crippen LogP contribution in [0.15, 0.2) is 29.3 Å². The molecular weight excluding hydrogens is 460 g/mol. The molecule has 0 radical (unpaired) electrons. The molecule has 26 heavy (non-hydrogen) atoms. The van der Waals surface area contributed by atoms with Gasteiger partial charge in [0.25, 0.3) is 0 Å². The normalized spacial score (nSPS) is 14.4. The minimum Gasteiger partial charge on any atom is -0.357 e. The predicted molar refractivity (Wildman–Crippen MR) is 106 cm³/mol. The number of carbonyl (C=O) groups is 1. The van der Waals surface area contributed by atoms with Crippen LogP contribution < -0.4 is 16.0 Å². The summed E-state index contributed by atoms with van der Waals surface area (Å²) < 4.78 is 37.6. The van der Waals surface area contributed by atoms with Crippen molar-refractivity contribution in [3.05, 3.63) is 35.4 Å². The molecular formula is C17H24F3IN4O. The standard InChI is InChI=1S/C17H23F3N4O.HI/c1-2-21-16(23-11-15(25)24-14-7-8-14)22-10-9-12-3-5-13(6-4-12)17(18,19)20;/h3-6,14H,2,7-11H2,1H3,(H,24,25)(H2,21,22,23);1H. The Morgan fingerprint density at radius 2 is 1.85 bits per heavy atom. The number of nitrogens with zero attached hydrogens (tertiary/aromatic N) is 1. The molecule has 0 bridgehead atoms. The summed E-state index contributed by atoms with van der Waals surface area (Å²) in [4.78, 5) is 15.9. The lowest BCUT2D eigenvalue weighted by atomic mass is 10.1. The Morgan fingerprint density at radius 3 is 2.38 bits per heavy atom. The number of guanidine groups is 1. The highest BCUT2D eigenvalue weighted by Crippen LogP contribution is 2.29. The third kappa shape index (κ3) is 8.24. The van der Waals surface area contributed by atoms with Gasteiger partial charge in [-0.1, -0.05) is 12.1 Å². The third-order valence-electron chi connectivity index (χ3n) is 3.65. The van der Waals surface area contributed by atoms with Crippen LogP contribution in [-0.4, -0.2) is 37.5 Å². The highest BCUT2D eigenvalue weighted by atomic mass is 127. The van der Waals surface area contributed by atoms with E-state index in [0.717, 1.165) is 30.5 Å².